The van der Waals surface area contributed by atoms with Gasteiger partial charge in [0, 0.05) is 36.8 Å². The quantitative estimate of drug-likeness (QED) is 0.503. The molecule has 4 aromatic rings. The first kappa shape index (κ1) is 20.3. The van der Waals surface area contributed by atoms with Gasteiger partial charge in [0.15, 0.2) is 5.65 Å². The largest absolute Gasteiger partial charge is 0.507 e. The van der Waals surface area contributed by atoms with Crippen LogP contribution in [-0.2, 0) is 0 Å². The highest BCUT2D eigenvalue weighted by atomic mass is 16.3. The molecular formula is C22H25N9O. The number of fused-ring (bicyclic) bond motifs is 1. The molecule has 1 saturated heterocycles. The number of piperazine rings is 1. The first-order valence-corrected chi connectivity index (χ1v) is 10.6. The summed E-state index contributed by atoms with van der Waals surface area (Å²) in [4.78, 5) is 15.2. The molecule has 0 saturated carbocycles. The first-order chi connectivity index (χ1) is 15.4. The molecule has 10 heteroatoms. The zero-order chi connectivity index (χ0) is 22.3. The van der Waals surface area contributed by atoms with Gasteiger partial charge in [0.1, 0.15) is 17.8 Å². The lowest BCUT2D eigenvalue weighted by Crippen LogP contribution is -2.56. The topological polar surface area (TPSA) is 117 Å². The van der Waals surface area contributed by atoms with Crippen LogP contribution in [0, 0.1) is 5.41 Å². The van der Waals surface area contributed by atoms with Gasteiger partial charge in [0.2, 0.25) is 5.95 Å². The van der Waals surface area contributed by atoms with Crippen molar-refractivity contribution in [1.29, 1.82) is 0 Å². The van der Waals surface area contributed by atoms with Gasteiger partial charge in [-0.05, 0) is 17.5 Å². The molecule has 10 nitrogen and oxygen atoms in total. The minimum atomic E-state index is 0.0850. The van der Waals surface area contributed by atoms with Crippen molar-refractivity contribution in [3.63, 3.8) is 0 Å². The van der Waals surface area contributed by atoms with Crippen LogP contribution in [0.4, 0.5) is 5.95 Å². The van der Waals surface area contributed by atoms with E-state index in [2.05, 4.69) is 61.2 Å². The monoisotopic (exact) mass is 431 g/mol. The standard InChI is InChI=1S/C22H25N9O/c1-22(2,3)19-12-30(7-6-23-19)21-25-9-16(28-29-21)15-5-4-14(8-18(15)32)17-11-31-20(10-24-17)26-13-27-31/h4-5,8-11,13,19,23,32H,6-7,12H2,1-3H3/t19-/m1/s1. The van der Waals surface area contributed by atoms with E-state index in [-0.39, 0.29) is 11.2 Å². The maximum absolute atomic E-state index is 10.6. The molecule has 0 aliphatic carbocycles. The summed E-state index contributed by atoms with van der Waals surface area (Å²) in [5, 5.41) is 27.0. The molecule has 1 fully saturated rings. The third-order valence-corrected chi connectivity index (χ3v) is 5.79. The highest BCUT2D eigenvalue weighted by Crippen LogP contribution is 2.32. The lowest BCUT2D eigenvalue weighted by atomic mass is 9.85. The number of phenols is 1. The van der Waals surface area contributed by atoms with E-state index in [4.69, 9.17) is 0 Å². The molecule has 0 unspecified atom stereocenters. The smallest absolute Gasteiger partial charge is 0.245 e. The summed E-state index contributed by atoms with van der Waals surface area (Å²) in [5.74, 6) is 0.688. The highest BCUT2D eigenvalue weighted by molar-refractivity contribution is 5.72. The normalized spacial score (nSPS) is 17.1. The van der Waals surface area contributed by atoms with Crippen LogP contribution in [0.1, 0.15) is 20.8 Å². The number of rotatable bonds is 3. The molecule has 5 rings (SSSR count). The summed E-state index contributed by atoms with van der Waals surface area (Å²) in [5.41, 5.74) is 3.32. The van der Waals surface area contributed by atoms with Crippen molar-refractivity contribution in [1.82, 2.24) is 40.1 Å². The molecule has 164 valence electrons. The average Bonchev–Trinajstić information content (AvgIpc) is 3.27. The van der Waals surface area contributed by atoms with Crippen molar-refractivity contribution >= 4 is 11.6 Å². The van der Waals surface area contributed by atoms with E-state index in [0.717, 1.165) is 25.2 Å². The zero-order valence-electron chi connectivity index (χ0n) is 18.3. The molecular weight excluding hydrogens is 406 g/mol. The second-order valence-corrected chi connectivity index (χ2v) is 9.03. The Kier molecular flexibility index (Phi) is 4.93. The van der Waals surface area contributed by atoms with E-state index < -0.39 is 0 Å². The van der Waals surface area contributed by atoms with Crippen molar-refractivity contribution < 1.29 is 5.11 Å². The van der Waals surface area contributed by atoms with E-state index in [1.54, 1.807) is 35.2 Å². The van der Waals surface area contributed by atoms with Gasteiger partial charge in [-0.1, -0.05) is 26.8 Å². The number of hydrogen-bond donors (Lipinski definition) is 2. The molecule has 0 amide bonds. The van der Waals surface area contributed by atoms with Gasteiger partial charge in [-0.25, -0.2) is 14.5 Å². The number of nitrogens with one attached hydrogen (secondary N) is 1. The van der Waals surface area contributed by atoms with Crippen molar-refractivity contribution in [2.75, 3.05) is 24.5 Å². The van der Waals surface area contributed by atoms with E-state index >= 15 is 0 Å². The average molecular weight is 432 g/mol. The number of anilines is 1. The molecule has 0 bridgehead atoms. The second kappa shape index (κ2) is 7.79. The molecule has 1 aliphatic rings. The van der Waals surface area contributed by atoms with E-state index in [1.165, 1.54) is 6.33 Å². The van der Waals surface area contributed by atoms with Crippen LogP contribution < -0.4 is 10.2 Å². The number of aromatic hydroxyl groups is 1. The fourth-order valence-electron chi connectivity index (χ4n) is 3.83. The van der Waals surface area contributed by atoms with Crippen LogP contribution in [0.2, 0.25) is 0 Å². The van der Waals surface area contributed by atoms with Gasteiger partial charge in [0.25, 0.3) is 0 Å². The Morgan fingerprint density at radius 1 is 1.06 bits per heavy atom. The van der Waals surface area contributed by atoms with Crippen LogP contribution in [0.5, 0.6) is 5.75 Å². The predicted molar refractivity (Wildman–Crippen MR) is 120 cm³/mol. The molecule has 1 aliphatic heterocycles. The lowest BCUT2D eigenvalue weighted by Gasteiger charge is -2.40. The number of phenolic OH excluding ortho intramolecular Hbond substituents is 1. The fourth-order valence-corrected chi connectivity index (χ4v) is 3.83. The second-order valence-electron chi connectivity index (χ2n) is 9.03. The molecule has 32 heavy (non-hydrogen) atoms. The molecule has 0 spiro atoms. The summed E-state index contributed by atoms with van der Waals surface area (Å²) in [6, 6.07) is 5.67. The van der Waals surface area contributed by atoms with Gasteiger partial charge >= 0.3 is 0 Å². The first-order valence-electron chi connectivity index (χ1n) is 10.6. The Labute approximate surface area is 185 Å². The van der Waals surface area contributed by atoms with Gasteiger partial charge in [-0.3, -0.25) is 4.98 Å². The summed E-state index contributed by atoms with van der Waals surface area (Å²) < 4.78 is 1.64. The summed E-state index contributed by atoms with van der Waals surface area (Å²) in [6.07, 6.45) is 6.54. The van der Waals surface area contributed by atoms with Crippen LogP contribution in [0.25, 0.3) is 28.2 Å². The van der Waals surface area contributed by atoms with Gasteiger partial charge in [-0.15, -0.1) is 10.2 Å². The summed E-state index contributed by atoms with van der Waals surface area (Å²) in [7, 11) is 0. The van der Waals surface area contributed by atoms with Gasteiger partial charge in [0.05, 0.1) is 24.3 Å². The Morgan fingerprint density at radius 3 is 2.69 bits per heavy atom. The molecule has 0 radical (unpaired) electrons. The van der Waals surface area contributed by atoms with Gasteiger partial charge in [-0.2, -0.15) is 5.10 Å². The molecule has 2 N–H and O–H groups in total. The number of hydrogen-bond acceptors (Lipinski definition) is 9. The Hall–Kier alpha value is -3.66. The van der Waals surface area contributed by atoms with Crippen LogP contribution >= 0.6 is 0 Å². The molecule has 3 aromatic heterocycles. The third-order valence-electron chi connectivity index (χ3n) is 5.79. The van der Waals surface area contributed by atoms with E-state index in [9.17, 15) is 5.11 Å². The van der Waals surface area contributed by atoms with Crippen molar-refractivity contribution in [2.24, 2.45) is 5.41 Å². The van der Waals surface area contributed by atoms with E-state index in [0.29, 0.717) is 34.6 Å². The number of nitrogens with zero attached hydrogens (tertiary/aromatic N) is 8. The number of aromatic nitrogens is 7. The molecule has 4 heterocycles. The maximum atomic E-state index is 10.6. The van der Waals surface area contributed by atoms with E-state index in [1.807, 2.05) is 6.07 Å². The minimum Gasteiger partial charge on any atom is -0.507 e. The number of benzene rings is 1. The van der Waals surface area contributed by atoms with Crippen molar-refractivity contribution in [2.45, 2.75) is 26.8 Å². The summed E-state index contributed by atoms with van der Waals surface area (Å²) in [6.45, 7) is 9.21. The predicted octanol–water partition coefficient (Wildman–Crippen LogP) is 2.17. The SMILES string of the molecule is CC(C)(C)[C@H]1CN(c2ncc(-c3ccc(-c4cn5ncnc5cn4)cc3O)nn2)CCN1. The molecule has 1 atom stereocenters. The van der Waals surface area contributed by atoms with Crippen molar-refractivity contribution in [3.05, 3.63) is 43.1 Å². The van der Waals surface area contributed by atoms with Crippen LogP contribution in [0.15, 0.2) is 43.1 Å². The maximum Gasteiger partial charge on any atom is 0.245 e. The Morgan fingerprint density at radius 2 is 1.94 bits per heavy atom. The van der Waals surface area contributed by atoms with Crippen molar-refractivity contribution in [3.8, 4) is 28.3 Å². The Balaban J connectivity index is 1.37. The van der Waals surface area contributed by atoms with Gasteiger partial charge < -0.3 is 15.3 Å². The lowest BCUT2D eigenvalue weighted by molar-refractivity contribution is 0.252. The van der Waals surface area contributed by atoms with Crippen LogP contribution in [0.3, 0.4) is 0 Å². The molecule has 1 aromatic carbocycles. The zero-order valence-corrected chi connectivity index (χ0v) is 18.3. The highest BCUT2D eigenvalue weighted by Gasteiger charge is 2.30. The summed E-state index contributed by atoms with van der Waals surface area (Å²) >= 11 is 0. The fraction of sp³-hybridized carbons (Fsp3) is 0.364. The minimum absolute atomic E-state index is 0.0850. The Bertz CT molecular complexity index is 1250. The third kappa shape index (κ3) is 3.84. The van der Waals surface area contributed by atoms with Crippen LogP contribution in [-0.4, -0.2) is 65.5 Å².